The average molecular weight is 364 g/mol. The lowest BCUT2D eigenvalue weighted by atomic mass is 10.1. The van der Waals surface area contributed by atoms with Crippen LogP contribution in [0.3, 0.4) is 0 Å². The fourth-order valence-electron chi connectivity index (χ4n) is 2.25. The highest BCUT2D eigenvalue weighted by Gasteiger charge is 2.30. The second-order valence-electron chi connectivity index (χ2n) is 6.33. The highest BCUT2D eigenvalue weighted by molar-refractivity contribution is 5.98. The number of nitro groups is 1. The van der Waals surface area contributed by atoms with Gasteiger partial charge in [0.2, 0.25) is 0 Å². The van der Waals surface area contributed by atoms with Crippen molar-refractivity contribution in [2.75, 3.05) is 5.32 Å². The lowest BCUT2D eigenvalue weighted by Gasteiger charge is -2.20. The number of amides is 3. The zero-order valence-electron chi connectivity index (χ0n) is 14.4. The van der Waals surface area contributed by atoms with Crippen LogP contribution in [-0.4, -0.2) is 35.0 Å². The van der Waals surface area contributed by atoms with Gasteiger partial charge >= 0.3 is 12.0 Å². The van der Waals surface area contributed by atoms with Crippen molar-refractivity contribution in [1.29, 1.82) is 0 Å². The first-order chi connectivity index (χ1) is 12.2. The van der Waals surface area contributed by atoms with Gasteiger partial charge in [-0.15, -0.1) is 0 Å². The summed E-state index contributed by atoms with van der Waals surface area (Å²) in [6.45, 7) is 3.23. The molecule has 1 aromatic rings. The molecule has 1 aliphatic rings. The topological polar surface area (TPSA) is 154 Å². The van der Waals surface area contributed by atoms with E-state index in [0.717, 1.165) is 18.9 Å². The molecule has 1 aromatic carbocycles. The summed E-state index contributed by atoms with van der Waals surface area (Å²) in [5.74, 6) is -2.21. The van der Waals surface area contributed by atoms with Crippen molar-refractivity contribution < 1.29 is 24.0 Å². The van der Waals surface area contributed by atoms with Crippen LogP contribution in [0.25, 0.3) is 0 Å². The zero-order valence-corrected chi connectivity index (χ0v) is 14.4. The molecule has 1 saturated carbocycles. The van der Waals surface area contributed by atoms with Crippen molar-refractivity contribution in [2.24, 2.45) is 11.7 Å². The number of hydrogen-bond acceptors (Lipinski definition) is 7. The second-order valence-corrected chi connectivity index (χ2v) is 6.33. The highest BCUT2D eigenvalue weighted by atomic mass is 16.6. The summed E-state index contributed by atoms with van der Waals surface area (Å²) in [6, 6.07) is 3.04. The van der Waals surface area contributed by atoms with Crippen molar-refractivity contribution >= 4 is 29.3 Å². The molecule has 0 aromatic heterocycles. The molecule has 0 saturated heterocycles. The number of urea groups is 1. The van der Waals surface area contributed by atoms with Crippen LogP contribution in [-0.2, 0) is 9.53 Å². The van der Waals surface area contributed by atoms with Crippen molar-refractivity contribution in [3.8, 4) is 0 Å². The molecule has 0 aliphatic heterocycles. The van der Waals surface area contributed by atoms with Gasteiger partial charge in [-0.1, -0.05) is 13.8 Å². The maximum atomic E-state index is 12.3. The fraction of sp³-hybridized carbons (Fsp3) is 0.438. The molecule has 4 N–H and O–H groups in total. The van der Waals surface area contributed by atoms with Crippen molar-refractivity contribution in [2.45, 2.75) is 38.8 Å². The molecule has 0 bridgehead atoms. The van der Waals surface area contributed by atoms with Crippen LogP contribution in [0.2, 0.25) is 0 Å². The Bertz CT molecular complexity index is 744. The van der Waals surface area contributed by atoms with Crippen LogP contribution in [0.5, 0.6) is 0 Å². The summed E-state index contributed by atoms with van der Waals surface area (Å²) < 4.78 is 5.13. The van der Waals surface area contributed by atoms with Gasteiger partial charge in [-0.3, -0.25) is 20.2 Å². The van der Waals surface area contributed by atoms with E-state index in [9.17, 15) is 24.5 Å². The Labute approximate surface area is 149 Å². The SMILES string of the molecule is CC(C)C(OC(=O)c1ccc(NC2CC2)c([N+](=O)[O-])c1)C(=O)NC(N)=O. The first-order valence-corrected chi connectivity index (χ1v) is 8.05. The van der Waals surface area contributed by atoms with E-state index in [1.807, 2.05) is 5.32 Å². The third-order valence-electron chi connectivity index (χ3n) is 3.71. The number of hydrogen-bond donors (Lipinski definition) is 3. The summed E-state index contributed by atoms with van der Waals surface area (Å²) in [5, 5.41) is 16.1. The van der Waals surface area contributed by atoms with Gasteiger partial charge in [0.15, 0.2) is 6.10 Å². The third-order valence-corrected chi connectivity index (χ3v) is 3.71. The van der Waals surface area contributed by atoms with Gasteiger partial charge in [-0.2, -0.15) is 0 Å². The third kappa shape index (κ3) is 4.91. The Balaban J connectivity index is 2.18. The van der Waals surface area contributed by atoms with Crippen LogP contribution >= 0.6 is 0 Å². The molecule has 1 fully saturated rings. The Morgan fingerprint density at radius 3 is 2.46 bits per heavy atom. The van der Waals surface area contributed by atoms with Crippen LogP contribution in [0.1, 0.15) is 37.0 Å². The van der Waals surface area contributed by atoms with Crippen molar-refractivity contribution in [1.82, 2.24) is 5.32 Å². The summed E-state index contributed by atoms with van der Waals surface area (Å²) in [7, 11) is 0. The molecule has 10 heteroatoms. The van der Waals surface area contributed by atoms with Crippen LogP contribution in [0.15, 0.2) is 18.2 Å². The molecule has 26 heavy (non-hydrogen) atoms. The molecular weight excluding hydrogens is 344 g/mol. The summed E-state index contributed by atoms with van der Waals surface area (Å²) in [4.78, 5) is 45.7. The average Bonchev–Trinajstić information content (AvgIpc) is 3.35. The number of carbonyl (C=O) groups is 3. The molecule has 10 nitrogen and oxygen atoms in total. The summed E-state index contributed by atoms with van der Waals surface area (Å²) in [5.41, 5.74) is 4.89. The first kappa shape index (κ1) is 19.2. The van der Waals surface area contributed by atoms with E-state index in [1.165, 1.54) is 12.1 Å². The van der Waals surface area contributed by atoms with Gasteiger partial charge in [-0.25, -0.2) is 9.59 Å². The Hall–Kier alpha value is -3.17. The maximum absolute atomic E-state index is 12.3. The number of rotatable bonds is 7. The number of ether oxygens (including phenoxy) is 1. The Kier molecular flexibility index (Phi) is 5.75. The number of nitrogens with zero attached hydrogens (tertiary/aromatic N) is 1. The molecule has 0 heterocycles. The van der Waals surface area contributed by atoms with Gasteiger partial charge in [0.25, 0.3) is 11.6 Å². The predicted octanol–water partition coefficient (Wildman–Crippen LogP) is 1.55. The van der Waals surface area contributed by atoms with E-state index >= 15 is 0 Å². The van der Waals surface area contributed by atoms with Crippen molar-refractivity contribution in [3.05, 3.63) is 33.9 Å². The molecule has 1 aliphatic carbocycles. The number of nitrogens with two attached hydrogens (primary N) is 1. The number of anilines is 1. The largest absolute Gasteiger partial charge is 0.448 e. The van der Waals surface area contributed by atoms with Crippen LogP contribution in [0, 0.1) is 16.0 Å². The smallest absolute Gasteiger partial charge is 0.339 e. The van der Waals surface area contributed by atoms with Gasteiger partial charge in [0, 0.05) is 12.1 Å². The second kappa shape index (κ2) is 7.81. The van der Waals surface area contributed by atoms with Gasteiger partial charge in [-0.05, 0) is 30.9 Å². The number of primary amides is 1. The molecule has 0 spiro atoms. The Morgan fingerprint density at radius 2 is 1.96 bits per heavy atom. The normalized spacial score (nSPS) is 14.4. The van der Waals surface area contributed by atoms with Crippen molar-refractivity contribution in [3.63, 3.8) is 0 Å². The molecule has 0 radical (unpaired) electrons. The number of imide groups is 1. The van der Waals surface area contributed by atoms with Gasteiger partial charge < -0.3 is 15.8 Å². The molecule has 2 rings (SSSR count). The minimum Gasteiger partial charge on any atom is -0.448 e. The van der Waals surface area contributed by atoms with E-state index in [-0.39, 0.29) is 17.3 Å². The maximum Gasteiger partial charge on any atom is 0.339 e. The standard InChI is InChI=1S/C16H20N4O6/c1-8(2)13(14(21)19-16(17)23)26-15(22)9-3-6-11(18-10-4-5-10)12(7-9)20(24)25/h3,6-8,10,13,18H,4-5H2,1-2H3,(H3,17,19,21,23). The fourth-order valence-corrected chi connectivity index (χ4v) is 2.25. The van der Waals surface area contributed by atoms with Crippen LogP contribution < -0.4 is 16.4 Å². The number of benzene rings is 1. The van der Waals surface area contributed by atoms with E-state index in [0.29, 0.717) is 5.69 Å². The van der Waals surface area contributed by atoms with E-state index in [4.69, 9.17) is 10.5 Å². The molecule has 140 valence electrons. The highest BCUT2D eigenvalue weighted by Crippen LogP contribution is 2.31. The number of carbonyl (C=O) groups excluding carboxylic acids is 3. The Morgan fingerprint density at radius 1 is 1.31 bits per heavy atom. The number of nitro benzene ring substituents is 1. The lowest BCUT2D eigenvalue weighted by Crippen LogP contribution is -2.45. The van der Waals surface area contributed by atoms with E-state index < -0.39 is 34.9 Å². The number of esters is 1. The lowest BCUT2D eigenvalue weighted by molar-refractivity contribution is -0.384. The summed E-state index contributed by atoms with van der Waals surface area (Å²) in [6.07, 6.45) is 0.608. The molecule has 1 atom stereocenters. The van der Waals surface area contributed by atoms with E-state index in [1.54, 1.807) is 13.8 Å². The molecule has 1 unspecified atom stereocenters. The zero-order chi connectivity index (χ0) is 19.4. The van der Waals surface area contributed by atoms with Gasteiger partial charge in [0.1, 0.15) is 5.69 Å². The minimum atomic E-state index is -1.27. The monoisotopic (exact) mass is 364 g/mol. The van der Waals surface area contributed by atoms with E-state index in [2.05, 4.69) is 5.32 Å². The minimum absolute atomic E-state index is 0.0735. The number of nitrogens with one attached hydrogen (secondary N) is 2. The molecular formula is C16H20N4O6. The first-order valence-electron chi connectivity index (χ1n) is 8.05. The quantitative estimate of drug-likeness (QED) is 0.377. The van der Waals surface area contributed by atoms with Crippen LogP contribution in [0.4, 0.5) is 16.2 Å². The summed E-state index contributed by atoms with van der Waals surface area (Å²) >= 11 is 0. The predicted molar refractivity (Wildman–Crippen MR) is 91.5 cm³/mol. The molecule has 3 amide bonds. The van der Waals surface area contributed by atoms with Gasteiger partial charge in [0.05, 0.1) is 10.5 Å².